The Morgan fingerprint density at radius 1 is 1.50 bits per heavy atom. The molecular formula is C16H21ClN2O3. The SMILES string of the molecule is COCC(C)(CCO)NC(=O)Cc1c[nH]c2cc(Cl)ccc12. The summed E-state index contributed by atoms with van der Waals surface area (Å²) in [5, 5.41) is 13.7. The number of carbonyl (C=O) groups excluding carboxylic acids is 1. The minimum atomic E-state index is -0.573. The first kappa shape index (κ1) is 16.8. The number of aliphatic hydroxyl groups excluding tert-OH is 1. The van der Waals surface area contributed by atoms with Crippen LogP contribution in [0.2, 0.25) is 5.02 Å². The number of H-pyrrole nitrogens is 1. The zero-order valence-electron chi connectivity index (χ0n) is 12.8. The molecule has 0 fully saturated rings. The second kappa shape index (κ2) is 7.13. The van der Waals surface area contributed by atoms with Gasteiger partial charge in [0, 0.05) is 35.8 Å². The summed E-state index contributed by atoms with van der Waals surface area (Å²) in [6, 6.07) is 5.54. The van der Waals surface area contributed by atoms with Crippen LogP contribution in [-0.2, 0) is 16.0 Å². The number of aliphatic hydroxyl groups is 1. The van der Waals surface area contributed by atoms with Gasteiger partial charge in [-0.1, -0.05) is 17.7 Å². The Kier molecular flexibility index (Phi) is 5.45. The van der Waals surface area contributed by atoms with Gasteiger partial charge < -0.3 is 20.1 Å². The van der Waals surface area contributed by atoms with Crippen molar-refractivity contribution in [3.05, 3.63) is 35.0 Å². The van der Waals surface area contributed by atoms with Gasteiger partial charge in [0.05, 0.1) is 18.6 Å². The van der Waals surface area contributed by atoms with Gasteiger partial charge in [0.15, 0.2) is 0 Å². The third-order valence-electron chi connectivity index (χ3n) is 3.65. The molecule has 2 aromatic rings. The van der Waals surface area contributed by atoms with Gasteiger partial charge in [0.2, 0.25) is 5.91 Å². The Bertz CT molecular complexity index is 648. The number of ether oxygens (including phenoxy) is 1. The quantitative estimate of drug-likeness (QED) is 0.731. The Morgan fingerprint density at radius 3 is 2.95 bits per heavy atom. The number of aromatic nitrogens is 1. The summed E-state index contributed by atoms with van der Waals surface area (Å²) in [5.74, 6) is -0.108. The summed E-state index contributed by atoms with van der Waals surface area (Å²) >= 11 is 5.95. The molecule has 6 heteroatoms. The highest BCUT2D eigenvalue weighted by atomic mass is 35.5. The van der Waals surface area contributed by atoms with E-state index in [-0.39, 0.29) is 18.9 Å². The fourth-order valence-corrected chi connectivity index (χ4v) is 2.77. The number of benzene rings is 1. The Morgan fingerprint density at radius 2 is 2.27 bits per heavy atom. The molecule has 1 amide bonds. The highest BCUT2D eigenvalue weighted by Crippen LogP contribution is 2.22. The van der Waals surface area contributed by atoms with Gasteiger partial charge in [-0.2, -0.15) is 0 Å². The van der Waals surface area contributed by atoms with Crippen molar-refractivity contribution in [3.8, 4) is 0 Å². The van der Waals surface area contributed by atoms with Crippen molar-refractivity contribution >= 4 is 28.4 Å². The molecule has 0 radical (unpaired) electrons. The van der Waals surface area contributed by atoms with Crippen molar-refractivity contribution < 1.29 is 14.6 Å². The van der Waals surface area contributed by atoms with Gasteiger partial charge in [0.1, 0.15) is 0 Å². The van der Waals surface area contributed by atoms with Gasteiger partial charge in [-0.15, -0.1) is 0 Å². The molecule has 0 aliphatic heterocycles. The molecule has 3 N–H and O–H groups in total. The maximum atomic E-state index is 12.3. The molecular weight excluding hydrogens is 304 g/mol. The van der Waals surface area contributed by atoms with E-state index in [1.165, 1.54) is 0 Å². The summed E-state index contributed by atoms with van der Waals surface area (Å²) in [6.45, 7) is 2.20. The van der Waals surface area contributed by atoms with E-state index in [9.17, 15) is 4.79 Å². The molecule has 0 aliphatic rings. The first-order chi connectivity index (χ1) is 10.5. The molecule has 5 nitrogen and oxygen atoms in total. The van der Waals surface area contributed by atoms with Crippen LogP contribution < -0.4 is 5.32 Å². The minimum absolute atomic E-state index is 0.00821. The van der Waals surface area contributed by atoms with Crippen molar-refractivity contribution in [2.45, 2.75) is 25.3 Å². The van der Waals surface area contributed by atoms with Crippen molar-refractivity contribution in [1.82, 2.24) is 10.3 Å². The molecule has 1 heterocycles. The topological polar surface area (TPSA) is 74.3 Å². The van der Waals surface area contributed by atoms with Crippen molar-refractivity contribution in [2.75, 3.05) is 20.3 Å². The Balaban J connectivity index is 2.10. The van der Waals surface area contributed by atoms with Crippen LogP contribution in [0.4, 0.5) is 0 Å². The predicted octanol–water partition coefficient (Wildman–Crippen LogP) is 2.27. The zero-order chi connectivity index (χ0) is 16.2. The average Bonchev–Trinajstić information content (AvgIpc) is 2.81. The lowest BCUT2D eigenvalue weighted by molar-refractivity contribution is -0.123. The molecule has 0 aliphatic carbocycles. The molecule has 1 atom stereocenters. The van der Waals surface area contributed by atoms with E-state index in [1.807, 2.05) is 25.3 Å². The van der Waals surface area contributed by atoms with Crippen LogP contribution in [0.25, 0.3) is 10.9 Å². The standard InChI is InChI=1S/C16H21ClN2O3/c1-16(5-6-20,10-22-2)19-15(21)7-11-9-18-14-8-12(17)3-4-13(11)14/h3-4,8-9,18,20H,5-7,10H2,1-2H3,(H,19,21). The number of fused-ring (bicyclic) bond motifs is 1. The smallest absolute Gasteiger partial charge is 0.225 e. The molecule has 120 valence electrons. The Hall–Kier alpha value is -1.56. The predicted molar refractivity (Wildman–Crippen MR) is 87.1 cm³/mol. The molecule has 1 aromatic heterocycles. The van der Waals surface area contributed by atoms with Gasteiger partial charge in [-0.3, -0.25) is 4.79 Å². The molecule has 0 saturated carbocycles. The third-order valence-corrected chi connectivity index (χ3v) is 3.88. The van der Waals surface area contributed by atoms with Crippen LogP contribution in [0.15, 0.2) is 24.4 Å². The molecule has 0 saturated heterocycles. The van der Waals surface area contributed by atoms with Crippen molar-refractivity contribution in [1.29, 1.82) is 0 Å². The Labute approximate surface area is 134 Å². The van der Waals surface area contributed by atoms with E-state index >= 15 is 0 Å². The van der Waals surface area contributed by atoms with E-state index in [2.05, 4.69) is 10.3 Å². The largest absolute Gasteiger partial charge is 0.396 e. The highest BCUT2D eigenvalue weighted by molar-refractivity contribution is 6.31. The van der Waals surface area contributed by atoms with Crippen LogP contribution in [0, 0.1) is 0 Å². The number of carbonyl (C=O) groups is 1. The van der Waals surface area contributed by atoms with E-state index in [0.29, 0.717) is 18.1 Å². The third kappa shape index (κ3) is 4.00. The van der Waals surface area contributed by atoms with E-state index in [4.69, 9.17) is 21.4 Å². The number of hydrogen-bond donors (Lipinski definition) is 3. The summed E-state index contributed by atoms with van der Waals surface area (Å²) in [6.07, 6.45) is 2.52. The van der Waals surface area contributed by atoms with Crippen molar-refractivity contribution in [2.24, 2.45) is 0 Å². The monoisotopic (exact) mass is 324 g/mol. The average molecular weight is 325 g/mol. The van der Waals surface area contributed by atoms with Gasteiger partial charge in [0.25, 0.3) is 0 Å². The minimum Gasteiger partial charge on any atom is -0.396 e. The molecule has 0 spiro atoms. The van der Waals surface area contributed by atoms with Crippen LogP contribution in [0.1, 0.15) is 18.9 Å². The lowest BCUT2D eigenvalue weighted by Crippen LogP contribution is -2.50. The second-order valence-corrected chi connectivity index (χ2v) is 6.13. The molecule has 22 heavy (non-hydrogen) atoms. The molecule has 1 unspecified atom stereocenters. The van der Waals surface area contributed by atoms with Gasteiger partial charge in [-0.25, -0.2) is 0 Å². The maximum Gasteiger partial charge on any atom is 0.225 e. The van der Waals surface area contributed by atoms with Crippen LogP contribution in [0.3, 0.4) is 0 Å². The first-order valence-electron chi connectivity index (χ1n) is 7.14. The number of nitrogens with one attached hydrogen (secondary N) is 2. The number of rotatable bonds is 7. The fraction of sp³-hybridized carbons (Fsp3) is 0.438. The normalized spacial score (nSPS) is 14.0. The lowest BCUT2D eigenvalue weighted by atomic mass is 9.98. The summed E-state index contributed by atoms with van der Waals surface area (Å²) in [7, 11) is 1.57. The van der Waals surface area contributed by atoms with E-state index in [0.717, 1.165) is 16.5 Å². The van der Waals surface area contributed by atoms with Gasteiger partial charge in [-0.05, 0) is 31.0 Å². The van der Waals surface area contributed by atoms with Crippen LogP contribution >= 0.6 is 11.6 Å². The van der Waals surface area contributed by atoms with E-state index < -0.39 is 5.54 Å². The van der Waals surface area contributed by atoms with Crippen molar-refractivity contribution in [3.63, 3.8) is 0 Å². The van der Waals surface area contributed by atoms with E-state index in [1.54, 1.807) is 13.2 Å². The summed E-state index contributed by atoms with van der Waals surface area (Å²) in [5.41, 5.74) is 1.24. The zero-order valence-corrected chi connectivity index (χ0v) is 13.5. The van der Waals surface area contributed by atoms with Crippen LogP contribution in [0.5, 0.6) is 0 Å². The number of methoxy groups -OCH3 is 1. The summed E-state index contributed by atoms with van der Waals surface area (Å²) in [4.78, 5) is 15.4. The molecule has 0 bridgehead atoms. The number of hydrogen-bond acceptors (Lipinski definition) is 3. The summed E-state index contributed by atoms with van der Waals surface area (Å²) < 4.78 is 5.13. The second-order valence-electron chi connectivity index (χ2n) is 5.70. The molecule has 2 rings (SSSR count). The lowest BCUT2D eigenvalue weighted by Gasteiger charge is -2.29. The van der Waals surface area contributed by atoms with Gasteiger partial charge >= 0.3 is 0 Å². The van der Waals surface area contributed by atoms with Crippen LogP contribution in [-0.4, -0.2) is 41.9 Å². The number of halogens is 1. The first-order valence-corrected chi connectivity index (χ1v) is 7.51. The number of aromatic amines is 1. The fourth-order valence-electron chi connectivity index (χ4n) is 2.59. The maximum absolute atomic E-state index is 12.3. The highest BCUT2D eigenvalue weighted by Gasteiger charge is 2.26. The number of amides is 1. The molecule has 1 aromatic carbocycles.